The molecule has 2 aromatic heterocycles. The Kier molecular flexibility index (Phi) is 4.40. The van der Waals surface area contributed by atoms with E-state index in [0.717, 1.165) is 16.2 Å². The molecular weight excluding hydrogens is 426 g/mol. The Morgan fingerprint density at radius 1 is 1.10 bits per heavy atom. The number of carbonyl (C=O) groups excluding carboxylic acids is 2. The molecule has 31 heavy (non-hydrogen) atoms. The number of ketones is 1. The Hall–Kier alpha value is -3.85. The van der Waals surface area contributed by atoms with E-state index in [2.05, 4.69) is 4.98 Å². The van der Waals surface area contributed by atoms with Gasteiger partial charge in [0.15, 0.2) is 16.7 Å². The Balaban J connectivity index is 1.70. The number of anilines is 1. The highest BCUT2D eigenvalue weighted by atomic mass is 32.1. The van der Waals surface area contributed by atoms with Crippen LogP contribution < -0.4 is 4.90 Å². The van der Waals surface area contributed by atoms with Crippen LogP contribution in [0.5, 0.6) is 0 Å². The summed E-state index contributed by atoms with van der Waals surface area (Å²) < 4.78 is 33.3. The second-order valence-electron chi connectivity index (χ2n) is 6.81. The second kappa shape index (κ2) is 7.13. The SMILES string of the molecule is O=C(C1=C(O)C(=O)N(c2nc3ccc(F)cc3s2)[C@H]1c1cccc(F)c1)c1ccco1. The van der Waals surface area contributed by atoms with E-state index in [1.54, 1.807) is 0 Å². The van der Waals surface area contributed by atoms with Gasteiger partial charge in [0, 0.05) is 0 Å². The van der Waals surface area contributed by atoms with E-state index in [1.165, 1.54) is 60.9 Å². The molecule has 1 N–H and O–H groups in total. The van der Waals surface area contributed by atoms with E-state index >= 15 is 0 Å². The first-order chi connectivity index (χ1) is 14.9. The molecule has 1 atom stereocenters. The number of rotatable bonds is 4. The van der Waals surface area contributed by atoms with Crippen molar-refractivity contribution < 1.29 is 27.9 Å². The fourth-order valence-corrected chi connectivity index (χ4v) is 4.57. The third kappa shape index (κ3) is 3.10. The summed E-state index contributed by atoms with van der Waals surface area (Å²) in [5.74, 6) is -3.48. The molecular formula is C22H12F2N2O4S. The van der Waals surface area contributed by atoms with Gasteiger partial charge >= 0.3 is 0 Å². The molecule has 1 aliphatic rings. The Morgan fingerprint density at radius 3 is 2.65 bits per heavy atom. The van der Waals surface area contributed by atoms with Crippen molar-refractivity contribution in [2.75, 3.05) is 4.90 Å². The molecule has 5 rings (SSSR count). The van der Waals surface area contributed by atoms with Gasteiger partial charge in [0.05, 0.1) is 28.1 Å². The molecule has 1 aliphatic heterocycles. The van der Waals surface area contributed by atoms with Crippen LogP contribution >= 0.6 is 11.3 Å². The molecule has 0 bridgehead atoms. The van der Waals surface area contributed by atoms with Crippen LogP contribution in [-0.2, 0) is 4.79 Å². The summed E-state index contributed by atoms with van der Waals surface area (Å²) in [7, 11) is 0. The van der Waals surface area contributed by atoms with Crippen molar-refractivity contribution in [2.45, 2.75) is 6.04 Å². The predicted molar refractivity (Wildman–Crippen MR) is 109 cm³/mol. The highest BCUT2D eigenvalue weighted by molar-refractivity contribution is 7.22. The second-order valence-corrected chi connectivity index (χ2v) is 7.82. The molecule has 4 aromatic rings. The topological polar surface area (TPSA) is 83.6 Å². The van der Waals surface area contributed by atoms with Gasteiger partial charge in [-0.1, -0.05) is 23.5 Å². The number of hydrogen-bond acceptors (Lipinski definition) is 6. The number of Topliss-reactive ketones (excluding diaryl/α,β-unsaturated/α-hetero) is 1. The highest BCUT2D eigenvalue weighted by Gasteiger charge is 2.46. The van der Waals surface area contributed by atoms with Gasteiger partial charge in [-0.25, -0.2) is 13.8 Å². The normalized spacial score (nSPS) is 16.5. The minimum absolute atomic E-state index is 0.0797. The molecule has 0 aliphatic carbocycles. The molecule has 3 heterocycles. The molecule has 1 amide bonds. The van der Waals surface area contributed by atoms with Gasteiger partial charge in [0.25, 0.3) is 5.91 Å². The molecule has 0 fully saturated rings. The number of amides is 1. The third-order valence-electron chi connectivity index (χ3n) is 4.91. The van der Waals surface area contributed by atoms with E-state index in [4.69, 9.17) is 4.42 Å². The number of carbonyl (C=O) groups is 2. The van der Waals surface area contributed by atoms with Crippen LogP contribution in [0.4, 0.5) is 13.9 Å². The van der Waals surface area contributed by atoms with Crippen LogP contribution in [0.25, 0.3) is 10.2 Å². The predicted octanol–water partition coefficient (Wildman–Crippen LogP) is 4.95. The summed E-state index contributed by atoms with van der Waals surface area (Å²) in [4.78, 5) is 31.6. The largest absolute Gasteiger partial charge is 0.503 e. The van der Waals surface area contributed by atoms with Crippen molar-refractivity contribution in [3.05, 3.63) is 95.2 Å². The average Bonchev–Trinajstić information content (AvgIpc) is 3.46. The van der Waals surface area contributed by atoms with Gasteiger partial charge in [-0.3, -0.25) is 14.5 Å². The fourth-order valence-electron chi connectivity index (χ4n) is 3.56. The maximum Gasteiger partial charge on any atom is 0.296 e. The molecule has 154 valence electrons. The maximum absolute atomic E-state index is 14.0. The lowest BCUT2D eigenvalue weighted by molar-refractivity contribution is -0.117. The number of nitrogens with zero attached hydrogens (tertiary/aromatic N) is 2. The lowest BCUT2D eigenvalue weighted by atomic mass is 9.95. The molecule has 0 saturated heterocycles. The van der Waals surface area contributed by atoms with E-state index in [9.17, 15) is 23.5 Å². The minimum Gasteiger partial charge on any atom is -0.503 e. The van der Waals surface area contributed by atoms with Crippen molar-refractivity contribution >= 4 is 38.4 Å². The van der Waals surface area contributed by atoms with Crippen LogP contribution in [0.1, 0.15) is 22.2 Å². The first-order valence-electron chi connectivity index (χ1n) is 9.10. The smallest absolute Gasteiger partial charge is 0.296 e. The Morgan fingerprint density at radius 2 is 1.90 bits per heavy atom. The number of benzene rings is 2. The number of thiazole rings is 1. The Bertz CT molecular complexity index is 1380. The first-order valence-corrected chi connectivity index (χ1v) is 9.92. The summed E-state index contributed by atoms with van der Waals surface area (Å²) in [6, 6.07) is 11.1. The molecule has 9 heteroatoms. The van der Waals surface area contributed by atoms with Crippen LogP contribution in [0.15, 0.2) is 76.6 Å². The standard InChI is InChI=1S/C22H12F2N2O4S/c23-12-4-1-3-11(9-12)18-17(19(27)15-5-2-8-30-15)20(28)21(29)26(18)22-25-14-7-6-13(24)10-16(14)31-22/h1-10,18,28H/t18-/m0/s1. The number of aliphatic hydroxyl groups is 1. The zero-order valence-electron chi connectivity index (χ0n) is 15.6. The number of furan rings is 1. The summed E-state index contributed by atoms with van der Waals surface area (Å²) in [6.07, 6.45) is 1.29. The Labute approximate surface area is 177 Å². The summed E-state index contributed by atoms with van der Waals surface area (Å²) in [5, 5.41) is 10.8. The summed E-state index contributed by atoms with van der Waals surface area (Å²) >= 11 is 1.02. The van der Waals surface area contributed by atoms with Crippen molar-refractivity contribution in [2.24, 2.45) is 0 Å². The van der Waals surface area contributed by atoms with Crippen LogP contribution in [0, 0.1) is 11.6 Å². The van der Waals surface area contributed by atoms with Crippen LogP contribution in [0.2, 0.25) is 0 Å². The molecule has 6 nitrogen and oxygen atoms in total. The van der Waals surface area contributed by atoms with E-state index in [0.29, 0.717) is 10.2 Å². The van der Waals surface area contributed by atoms with Crippen molar-refractivity contribution in [3.63, 3.8) is 0 Å². The zero-order chi connectivity index (χ0) is 21.7. The number of halogens is 2. The van der Waals surface area contributed by atoms with Gasteiger partial charge in [0.1, 0.15) is 11.6 Å². The monoisotopic (exact) mass is 438 g/mol. The summed E-state index contributed by atoms with van der Waals surface area (Å²) in [5.41, 5.74) is 0.450. The average molecular weight is 438 g/mol. The van der Waals surface area contributed by atoms with E-state index in [1.807, 2.05) is 0 Å². The lowest BCUT2D eigenvalue weighted by Gasteiger charge is -2.24. The first kappa shape index (κ1) is 19.1. The van der Waals surface area contributed by atoms with Crippen molar-refractivity contribution in [1.82, 2.24) is 4.98 Å². The lowest BCUT2D eigenvalue weighted by Crippen LogP contribution is -2.31. The maximum atomic E-state index is 14.0. The van der Waals surface area contributed by atoms with E-state index in [-0.39, 0.29) is 22.0 Å². The van der Waals surface area contributed by atoms with Crippen molar-refractivity contribution in [1.29, 1.82) is 0 Å². The van der Waals surface area contributed by atoms with Gasteiger partial charge in [0.2, 0.25) is 5.78 Å². The number of hydrogen-bond donors (Lipinski definition) is 1. The quantitative estimate of drug-likeness (QED) is 0.456. The van der Waals surface area contributed by atoms with Gasteiger partial charge < -0.3 is 9.52 Å². The molecule has 0 saturated carbocycles. The van der Waals surface area contributed by atoms with Gasteiger partial charge in [-0.2, -0.15) is 0 Å². The van der Waals surface area contributed by atoms with Crippen LogP contribution in [-0.4, -0.2) is 21.8 Å². The number of aliphatic hydroxyl groups excluding tert-OH is 1. The minimum atomic E-state index is -1.15. The van der Waals surface area contributed by atoms with Crippen molar-refractivity contribution in [3.8, 4) is 0 Å². The zero-order valence-corrected chi connectivity index (χ0v) is 16.4. The molecule has 0 radical (unpaired) electrons. The van der Waals surface area contributed by atoms with Crippen LogP contribution in [0.3, 0.4) is 0 Å². The fraction of sp³-hybridized carbons (Fsp3) is 0.0455. The number of aromatic nitrogens is 1. The molecule has 0 spiro atoms. The highest BCUT2D eigenvalue weighted by Crippen LogP contribution is 2.44. The molecule has 2 aromatic carbocycles. The summed E-state index contributed by atoms with van der Waals surface area (Å²) in [6.45, 7) is 0. The third-order valence-corrected chi connectivity index (χ3v) is 5.92. The van der Waals surface area contributed by atoms with Gasteiger partial charge in [-0.05, 0) is 48.0 Å². The molecule has 0 unspecified atom stereocenters. The number of fused-ring (bicyclic) bond motifs is 1. The van der Waals surface area contributed by atoms with E-state index < -0.39 is 35.1 Å². The van der Waals surface area contributed by atoms with Gasteiger partial charge in [-0.15, -0.1) is 0 Å².